The van der Waals surface area contributed by atoms with Crippen LogP contribution in [0.2, 0.25) is 0 Å². The van der Waals surface area contributed by atoms with Crippen LogP contribution in [0, 0.1) is 5.92 Å². The molecule has 1 amide bonds. The van der Waals surface area contributed by atoms with Gasteiger partial charge in [0.25, 0.3) is 5.91 Å². The largest absolute Gasteiger partial charge is 0.338 e. The van der Waals surface area contributed by atoms with Crippen molar-refractivity contribution in [2.45, 2.75) is 11.4 Å². The van der Waals surface area contributed by atoms with Gasteiger partial charge in [-0.05, 0) is 24.5 Å². The molecule has 2 aromatic heterocycles. The maximum Gasteiger partial charge on any atom is 0.253 e. The van der Waals surface area contributed by atoms with Gasteiger partial charge >= 0.3 is 0 Å². The van der Waals surface area contributed by atoms with Gasteiger partial charge in [0.15, 0.2) is 5.65 Å². The zero-order valence-corrected chi connectivity index (χ0v) is 14.0. The van der Waals surface area contributed by atoms with Crippen LogP contribution in [-0.4, -0.2) is 44.0 Å². The lowest BCUT2D eigenvalue weighted by molar-refractivity contribution is 0.0788. The molecule has 0 bridgehead atoms. The molecule has 1 aromatic carbocycles. The van der Waals surface area contributed by atoms with Crippen LogP contribution in [-0.2, 0) is 0 Å². The molecule has 3 heterocycles. The van der Waals surface area contributed by atoms with Crippen LogP contribution in [0.1, 0.15) is 16.8 Å². The monoisotopic (exact) mass is 338 g/mol. The van der Waals surface area contributed by atoms with E-state index in [4.69, 9.17) is 0 Å². The van der Waals surface area contributed by atoms with E-state index in [0.717, 1.165) is 41.5 Å². The quantitative estimate of drug-likeness (QED) is 0.686. The minimum absolute atomic E-state index is 0.136. The predicted molar refractivity (Wildman–Crippen MR) is 94.2 cm³/mol. The number of carbonyl (C=O) groups excluding carboxylic acids is 1. The van der Waals surface area contributed by atoms with E-state index in [2.05, 4.69) is 9.97 Å². The third-order valence-corrected chi connectivity index (χ3v) is 5.53. The first kappa shape index (κ1) is 15.2. The Morgan fingerprint density at radius 1 is 1.17 bits per heavy atom. The number of aromatic nitrogens is 3. The maximum atomic E-state index is 12.5. The molecule has 6 heteroatoms. The van der Waals surface area contributed by atoms with Crippen molar-refractivity contribution in [1.82, 2.24) is 19.3 Å². The Morgan fingerprint density at radius 3 is 2.79 bits per heavy atom. The first-order valence-electron chi connectivity index (χ1n) is 8.06. The van der Waals surface area contributed by atoms with Crippen molar-refractivity contribution in [2.75, 3.05) is 18.8 Å². The molecule has 3 aromatic rings. The molecule has 122 valence electrons. The number of nitrogens with zero attached hydrogens (tertiary/aromatic N) is 4. The van der Waals surface area contributed by atoms with Gasteiger partial charge in [0.05, 0.1) is 0 Å². The van der Waals surface area contributed by atoms with Gasteiger partial charge in [0, 0.05) is 49.2 Å². The van der Waals surface area contributed by atoms with Crippen LogP contribution < -0.4 is 0 Å². The summed E-state index contributed by atoms with van der Waals surface area (Å²) in [6, 6.07) is 9.52. The van der Waals surface area contributed by atoms with Crippen molar-refractivity contribution in [3.8, 4) is 0 Å². The summed E-state index contributed by atoms with van der Waals surface area (Å²) < 4.78 is 1.98. The Balaban J connectivity index is 1.37. The van der Waals surface area contributed by atoms with E-state index in [1.807, 2.05) is 52.0 Å². The van der Waals surface area contributed by atoms with Gasteiger partial charge in [-0.15, -0.1) is 11.8 Å². The zero-order chi connectivity index (χ0) is 16.4. The highest BCUT2D eigenvalue weighted by atomic mass is 32.2. The highest BCUT2D eigenvalue weighted by molar-refractivity contribution is 7.99. The van der Waals surface area contributed by atoms with Gasteiger partial charge < -0.3 is 9.30 Å². The van der Waals surface area contributed by atoms with Crippen molar-refractivity contribution in [3.05, 3.63) is 60.7 Å². The number of carbonyl (C=O) groups is 1. The Kier molecular flexibility index (Phi) is 4.21. The van der Waals surface area contributed by atoms with E-state index >= 15 is 0 Å². The second-order valence-corrected chi connectivity index (χ2v) is 6.98. The summed E-state index contributed by atoms with van der Waals surface area (Å²) in [6.45, 7) is 1.65. The molecule has 1 aliphatic rings. The molecule has 1 atom stereocenters. The fraction of sp³-hybridized carbons (Fsp3) is 0.278. The summed E-state index contributed by atoms with van der Waals surface area (Å²) in [5.74, 6) is 1.59. The summed E-state index contributed by atoms with van der Waals surface area (Å²) in [5, 5.41) is 0.954. The number of benzene rings is 1. The van der Waals surface area contributed by atoms with Crippen LogP contribution in [0.15, 0.2) is 60.1 Å². The summed E-state index contributed by atoms with van der Waals surface area (Å²) in [6.07, 6.45) is 8.47. The van der Waals surface area contributed by atoms with Crippen molar-refractivity contribution in [3.63, 3.8) is 0 Å². The molecule has 0 aliphatic carbocycles. The zero-order valence-electron chi connectivity index (χ0n) is 13.2. The fourth-order valence-electron chi connectivity index (χ4n) is 3.04. The number of imidazole rings is 1. The average Bonchev–Trinajstić information content (AvgIpc) is 3.29. The molecule has 0 saturated carbocycles. The number of fused-ring (bicyclic) bond motifs is 1. The second kappa shape index (κ2) is 6.65. The van der Waals surface area contributed by atoms with Crippen LogP contribution in [0.3, 0.4) is 0 Å². The molecule has 5 nitrogen and oxygen atoms in total. The Bertz CT molecular complexity index is 848. The summed E-state index contributed by atoms with van der Waals surface area (Å²) in [7, 11) is 0. The Labute approximate surface area is 144 Å². The van der Waals surface area contributed by atoms with E-state index in [1.165, 1.54) is 0 Å². The number of hydrogen-bond acceptors (Lipinski definition) is 4. The van der Waals surface area contributed by atoms with E-state index < -0.39 is 0 Å². The first-order valence-corrected chi connectivity index (χ1v) is 9.04. The molecular formula is C18H18N4OS. The molecule has 1 saturated heterocycles. The fourth-order valence-corrected chi connectivity index (χ4v) is 4.13. The van der Waals surface area contributed by atoms with E-state index in [9.17, 15) is 4.79 Å². The molecule has 0 N–H and O–H groups in total. The van der Waals surface area contributed by atoms with E-state index in [1.54, 1.807) is 24.2 Å². The van der Waals surface area contributed by atoms with Crippen molar-refractivity contribution in [1.29, 1.82) is 0 Å². The highest BCUT2D eigenvalue weighted by Gasteiger charge is 2.27. The maximum absolute atomic E-state index is 12.5. The van der Waals surface area contributed by atoms with Crippen molar-refractivity contribution in [2.24, 2.45) is 5.92 Å². The Hall–Kier alpha value is -2.34. The molecule has 4 rings (SSSR count). The minimum Gasteiger partial charge on any atom is -0.338 e. The second-order valence-electron chi connectivity index (χ2n) is 5.97. The van der Waals surface area contributed by atoms with E-state index in [0.29, 0.717) is 5.92 Å². The van der Waals surface area contributed by atoms with Gasteiger partial charge in [0.1, 0.15) is 5.03 Å². The smallest absolute Gasteiger partial charge is 0.253 e. The highest BCUT2D eigenvalue weighted by Crippen LogP contribution is 2.27. The third-order valence-electron chi connectivity index (χ3n) is 4.33. The summed E-state index contributed by atoms with van der Waals surface area (Å²) in [4.78, 5) is 23.3. The molecule has 24 heavy (non-hydrogen) atoms. The van der Waals surface area contributed by atoms with Crippen LogP contribution in [0.25, 0.3) is 5.65 Å². The van der Waals surface area contributed by atoms with Crippen LogP contribution >= 0.6 is 11.8 Å². The molecule has 0 spiro atoms. The number of thioether (sulfide) groups is 1. The topological polar surface area (TPSA) is 50.5 Å². The van der Waals surface area contributed by atoms with Crippen molar-refractivity contribution >= 4 is 23.3 Å². The summed E-state index contributed by atoms with van der Waals surface area (Å²) >= 11 is 1.73. The van der Waals surface area contributed by atoms with Gasteiger partial charge in [0.2, 0.25) is 0 Å². The predicted octanol–water partition coefficient (Wildman–Crippen LogP) is 2.98. The summed E-state index contributed by atoms with van der Waals surface area (Å²) in [5.41, 5.74) is 1.67. The number of amides is 1. The average molecular weight is 338 g/mol. The van der Waals surface area contributed by atoms with Crippen LogP contribution in [0.5, 0.6) is 0 Å². The molecule has 0 radical (unpaired) electrons. The Morgan fingerprint density at radius 2 is 1.96 bits per heavy atom. The van der Waals surface area contributed by atoms with Gasteiger partial charge in [-0.2, -0.15) is 0 Å². The van der Waals surface area contributed by atoms with Gasteiger partial charge in [-0.1, -0.05) is 18.2 Å². The SMILES string of the molecule is O=C(c1ccccc1)N1CC[C@@H](CSc2nccn3ccnc23)C1. The molecule has 0 unspecified atom stereocenters. The molecule has 1 aliphatic heterocycles. The van der Waals surface area contributed by atoms with Gasteiger partial charge in [-0.25, -0.2) is 9.97 Å². The first-order chi connectivity index (χ1) is 11.8. The van der Waals surface area contributed by atoms with Crippen LogP contribution in [0.4, 0.5) is 0 Å². The number of hydrogen-bond donors (Lipinski definition) is 0. The van der Waals surface area contributed by atoms with Crippen molar-refractivity contribution < 1.29 is 4.79 Å². The lowest BCUT2D eigenvalue weighted by atomic mass is 10.1. The molecular weight excluding hydrogens is 320 g/mol. The van der Waals surface area contributed by atoms with E-state index in [-0.39, 0.29) is 5.91 Å². The lowest BCUT2D eigenvalue weighted by Gasteiger charge is -2.16. The lowest BCUT2D eigenvalue weighted by Crippen LogP contribution is -2.28. The minimum atomic E-state index is 0.136. The normalized spacial score (nSPS) is 17.5. The molecule has 1 fully saturated rings. The standard InChI is InChI=1S/C18H18N4OS/c23-18(15-4-2-1-3-5-15)22-9-6-14(12-22)13-24-17-16-19-7-10-21(16)11-8-20-17/h1-5,7-8,10-11,14H,6,9,12-13H2/t14-/m1/s1. The number of likely N-dealkylation sites (tertiary alicyclic amines) is 1. The third kappa shape index (κ3) is 3.01. The van der Waals surface area contributed by atoms with Gasteiger partial charge in [-0.3, -0.25) is 4.79 Å². The number of rotatable bonds is 4.